The van der Waals surface area contributed by atoms with Crippen LogP contribution in [0.1, 0.15) is 29.2 Å². The van der Waals surface area contributed by atoms with Crippen molar-refractivity contribution in [2.75, 3.05) is 11.1 Å². The SMILES string of the molecule is Cc1ccc([C@H](CC(=O)O)NC(=O)Nc2c(N)ccn(Cc3ccccc3Cl)c2=O)cc1. The molecule has 0 aliphatic heterocycles. The topological polar surface area (TPSA) is 126 Å². The van der Waals surface area contributed by atoms with Crippen molar-refractivity contribution in [1.29, 1.82) is 0 Å². The van der Waals surface area contributed by atoms with Crippen molar-refractivity contribution >= 4 is 35.0 Å². The van der Waals surface area contributed by atoms with Gasteiger partial charge in [-0.25, -0.2) is 4.79 Å². The Hall–Kier alpha value is -3.78. The summed E-state index contributed by atoms with van der Waals surface area (Å²) in [5.41, 5.74) is 7.77. The van der Waals surface area contributed by atoms with Crippen molar-refractivity contribution in [3.63, 3.8) is 0 Å². The summed E-state index contributed by atoms with van der Waals surface area (Å²) in [6, 6.07) is 14.2. The molecule has 0 aliphatic carbocycles. The molecule has 32 heavy (non-hydrogen) atoms. The second kappa shape index (κ2) is 10.0. The third-order valence-corrected chi connectivity index (χ3v) is 5.27. The molecule has 1 aromatic heterocycles. The molecule has 3 rings (SSSR count). The Balaban J connectivity index is 1.81. The number of amides is 2. The van der Waals surface area contributed by atoms with E-state index < -0.39 is 23.6 Å². The van der Waals surface area contributed by atoms with Crippen LogP contribution in [0.25, 0.3) is 0 Å². The van der Waals surface area contributed by atoms with Gasteiger partial charge in [-0.2, -0.15) is 0 Å². The minimum absolute atomic E-state index is 0.0886. The molecular weight excluding hydrogens is 432 g/mol. The highest BCUT2D eigenvalue weighted by Crippen LogP contribution is 2.20. The number of pyridine rings is 1. The van der Waals surface area contributed by atoms with Crippen molar-refractivity contribution in [3.8, 4) is 0 Å². The van der Waals surface area contributed by atoms with E-state index in [0.717, 1.165) is 11.1 Å². The Morgan fingerprint density at radius 2 is 1.81 bits per heavy atom. The van der Waals surface area contributed by atoms with Gasteiger partial charge in [0.25, 0.3) is 5.56 Å². The molecule has 0 radical (unpaired) electrons. The van der Waals surface area contributed by atoms with Crippen molar-refractivity contribution in [1.82, 2.24) is 9.88 Å². The number of carbonyl (C=O) groups is 2. The minimum atomic E-state index is -1.07. The molecule has 2 aromatic carbocycles. The predicted octanol–water partition coefficient (Wildman–Crippen LogP) is 3.78. The van der Waals surface area contributed by atoms with Gasteiger partial charge in [-0.1, -0.05) is 59.6 Å². The first-order valence-corrected chi connectivity index (χ1v) is 10.2. The number of nitrogens with two attached hydrogens (primary N) is 1. The van der Waals surface area contributed by atoms with Gasteiger partial charge in [0.2, 0.25) is 0 Å². The zero-order chi connectivity index (χ0) is 23.3. The number of aromatic nitrogens is 1. The number of nitrogens with zero attached hydrogens (tertiary/aromatic N) is 1. The Labute approximate surface area is 189 Å². The molecule has 2 amide bonds. The van der Waals surface area contributed by atoms with E-state index in [1.807, 2.05) is 25.1 Å². The van der Waals surface area contributed by atoms with Gasteiger partial charge in [0.15, 0.2) is 0 Å². The summed E-state index contributed by atoms with van der Waals surface area (Å²) in [5, 5.41) is 14.8. The number of anilines is 2. The van der Waals surface area contributed by atoms with Crippen molar-refractivity contribution in [2.24, 2.45) is 0 Å². The molecule has 0 aliphatic rings. The maximum absolute atomic E-state index is 12.9. The number of hydrogen-bond donors (Lipinski definition) is 4. The lowest BCUT2D eigenvalue weighted by atomic mass is 10.0. The molecule has 1 heterocycles. The summed E-state index contributed by atoms with van der Waals surface area (Å²) in [4.78, 5) is 36.8. The molecule has 166 valence electrons. The summed E-state index contributed by atoms with van der Waals surface area (Å²) >= 11 is 6.18. The van der Waals surface area contributed by atoms with Crippen molar-refractivity contribution < 1.29 is 14.7 Å². The first kappa shape index (κ1) is 22.9. The number of carboxylic acids is 1. The molecule has 1 atom stereocenters. The highest BCUT2D eigenvalue weighted by atomic mass is 35.5. The number of hydrogen-bond acceptors (Lipinski definition) is 4. The molecule has 0 spiro atoms. The van der Waals surface area contributed by atoms with Crippen LogP contribution in [-0.4, -0.2) is 21.7 Å². The number of carbonyl (C=O) groups excluding carboxylic acids is 1. The molecule has 0 unspecified atom stereocenters. The van der Waals surface area contributed by atoms with E-state index in [1.165, 1.54) is 16.8 Å². The second-order valence-corrected chi connectivity index (χ2v) is 7.74. The quantitative estimate of drug-likeness (QED) is 0.432. The fourth-order valence-corrected chi connectivity index (χ4v) is 3.38. The predicted molar refractivity (Wildman–Crippen MR) is 124 cm³/mol. The van der Waals surface area contributed by atoms with E-state index >= 15 is 0 Å². The molecule has 0 saturated heterocycles. The zero-order valence-corrected chi connectivity index (χ0v) is 18.1. The van der Waals surface area contributed by atoms with Gasteiger partial charge in [-0.3, -0.25) is 9.59 Å². The van der Waals surface area contributed by atoms with E-state index in [9.17, 15) is 19.5 Å². The van der Waals surface area contributed by atoms with E-state index in [2.05, 4.69) is 10.6 Å². The largest absolute Gasteiger partial charge is 0.481 e. The standard InChI is InChI=1S/C23H23ClN4O4/c1-14-6-8-15(9-7-14)19(12-20(29)30)26-23(32)27-21-18(25)10-11-28(22(21)31)13-16-4-2-3-5-17(16)24/h2-11,19H,12-13,25H2,1H3,(H,29,30)(H2,26,27,32)/t19-/m0/s1. The maximum Gasteiger partial charge on any atom is 0.319 e. The highest BCUT2D eigenvalue weighted by Gasteiger charge is 2.20. The van der Waals surface area contributed by atoms with Gasteiger partial charge >= 0.3 is 12.0 Å². The molecule has 0 saturated carbocycles. The normalized spacial score (nSPS) is 11.6. The smallest absolute Gasteiger partial charge is 0.319 e. The van der Waals surface area contributed by atoms with Crippen LogP contribution in [0.4, 0.5) is 16.2 Å². The number of aliphatic carboxylic acids is 1. The Morgan fingerprint density at radius 3 is 2.47 bits per heavy atom. The van der Waals surface area contributed by atoms with Crippen molar-refractivity contribution in [2.45, 2.75) is 25.9 Å². The van der Waals surface area contributed by atoms with Crippen molar-refractivity contribution in [3.05, 3.63) is 92.9 Å². The first-order valence-electron chi connectivity index (χ1n) is 9.83. The van der Waals surface area contributed by atoms with E-state index in [-0.39, 0.29) is 24.3 Å². The van der Waals surface area contributed by atoms with Crippen LogP contribution in [0.5, 0.6) is 0 Å². The van der Waals surface area contributed by atoms with E-state index in [4.69, 9.17) is 17.3 Å². The summed E-state index contributed by atoms with van der Waals surface area (Å²) < 4.78 is 1.38. The third-order valence-electron chi connectivity index (χ3n) is 4.90. The number of aryl methyl sites for hydroxylation is 1. The number of urea groups is 1. The fourth-order valence-electron chi connectivity index (χ4n) is 3.18. The fraction of sp³-hybridized carbons (Fsp3) is 0.174. The third kappa shape index (κ3) is 5.67. The minimum Gasteiger partial charge on any atom is -0.481 e. The zero-order valence-electron chi connectivity index (χ0n) is 17.3. The van der Waals surface area contributed by atoms with Gasteiger partial charge in [0, 0.05) is 11.2 Å². The van der Waals surface area contributed by atoms with Crippen LogP contribution in [0.3, 0.4) is 0 Å². The van der Waals surface area contributed by atoms with Gasteiger partial charge in [0.05, 0.1) is 24.7 Å². The van der Waals surface area contributed by atoms with Crippen LogP contribution >= 0.6 is 11.6 Å². The summed E-state index contributed by atoms with van der Waals surface area (Å²) in [5.74, 6) is -1.07. The lowest BCUT2D eigenvalue weighted by Crippen LogP contribution is -2.36. The summed E-state index contributed by atoms with van der Waals surface area (Å²) in [6.45, 7) is 2.10. The molecule has 3 aromatic rings. The molecule has 9 heteroatoms. The lowest BCUT2D eigenvalue weighted by molar-refractivity contribution is -0.137. The van der Waals surface area contributed by atoms with E-state index in [0.29, 0.717) is 10.6 Å². The van der Waals surface area contributed by atoms with Crippen LogP contribution in [-0.2, 0) is 11.3 Å². The molecular formula is C23H23ClN4O4. The number of carboxylic acid groups (broad SMARTS) is 1. The number of halogens is 1. The average Bonchev–Trinajstić information content (AvgIpc) is 2.74. The molecule has 8 nitrogen and oxygen atoms in total. The second-order valence-electron chi connectivity index (χ2n) is 7.33. The number of nitrogen functional groups attached to an aromatic ring is 1. The monoisotopic (exact) mass is 454 g/mol. The Kier molecular flexibility index (Phi) is 7.17. The number of rotatable bonds is 7. The number of nitrogens with one attached hydrogen (secondary N) is 2. The highest BCUT2D eigenvalue weighted by molar-refractivity contribution is 6.31. The Morgan fingerprint density at radius 1 is 1.12 bits per heavy atom. The Bertz CT molecular complexity index is 1190. The van der Waals surface area contributed by atoms with Crippen LogP contribution in [0.15, 0.2) is 65.6 Å². The number of benzene rings is 2. The maximum atomic E-state index is 12.9. The first-order chi connectivity index (χ1) is 15.2. The van der Waals surface area contributed by atoms with Crippen LogP contribution in [0, 0.1) is 6.92 Å². The average molecular weight is 455 g/mol. The molecule has 0 bridgehead atoms. The van der Waals surface area contributed by atoms with Gasteiger partial charge in [-0.15, -0.1) is 0 Å². The van der Waals surface area contributed by atoms with Gasteiger partial charge in [-0.05, 0) is 30.2 Å². The van der Waals surface area contributed by atoms with Gasteiger partial charge < -0.3 is 26.0 Å². The van der Waals surface area contributed by atoms with Crippen LogP contribution < -0.4 is 21.9 Å². The molecule has 0 fully saturated rings. The summed E-state index contributed by atoms with van der Waals surface area (Å²) in [7, 11) is 0. The van der Waals surface area contributed by atoms with Crippen LogP contribution in [0.2, 0.25) is 5.02 Å². The van der Waals surface area contributed by atoms with E-state index in [1.54, 1.807) is 30.3 Å². The summed E-state index contributed by atoms with van der Waals surface area (Å²) in [6.07, 6.45) is 1.20. The van der Waals surface area contributed by atoms with Gasteiger partial charge in [0.1, 0.15) is 5.69 Å². The lowest BCUT2D eigenvalue weighted by Gasteiger charge is -2.19. The molecule has 5 N–H and O–H groups in total.